The highest BCUT2D eigenvalue weighted by molar-refractivity contribution is 7.92. The topological polar surface area (TPSA) is 114 Å². The first-order valence-corrected chi connectivity index (χ1v) is 14.0. The SMILES string of the molecule is CCCCCNC(=O)Nc1c(C)cccc1OCCCn1cnc(-c2ccc(NS(C)(=O)=O)cc2)c1. The van der Waals surface area contributed by atoms with Gasteiger partial charge >= 0.3 is 6.03 Å². The molecule has 0 atom stereocenters. The lowest BCUT2D eigenvalue weighted by atomic mass is 10.1. The molecule has 2 amide bonds. The van der Waals surface area contributed by atoms with Crippen LogP contribution in [0.15, 0.2) is 55.0 Å². The molecule has 0 aliphatic rings. The molecule has 36 heavy (non-hydrogen) atoms. The molecule has 0 spiro atoms. The average Bonchev–Trinajstić information content (AvgIpc) is 3.30. The van der Waals surface area contributed by atoms with E-state index in [4.69, 9.17) is 4.74 Å². The molecular weight excluding hydrogens is 478 g/mol. The molecule has 0 aliphatic carbocycles. The number of ether oxygens (including phenoxy) is 1. The van der Waals surface area contributed by atoms with Crippen LogP contribution in [0.2, 0.25) is 0 Å². The van der Waals surface area contributed by atoms with Gasteiger partial charge in [0.15, 0.2) is 0 Å². The van der Waals surface area contributed by atoms with Gasteiger partial charge in [0.1, 0.15) is 5.75 Å². The number of hydrogen-bond acceptors (Lipinski definition) is 5. The van der Waals surface area contributed by atoms with Crippen LogP contribution in [-0.4, -0.2) is 43.4 Å². The summed E-state index contributed by atoms with van der Waals surface area (Å²) in [7, 11) is -3.31. The number of imidazole rings is 1. The van der Waals surface area contributed by atoms with Gasteiger partial charge in [0.2, 0.25) is 10.0 Å². The summed E-state index contributed by atoms with van der Waals surface area (Å²) < 4.78 is 33.1. The Bertz CT molecular complexity index is 1240. The van der Waals surface area contributed by atoms with Gasteiger partial charge in [0.05, 0.1) is 30.6 Å². The standard InChI is InChI=1S/C26H35N5O4S/c1-4-5-6-15-27-26(32)29-25-20(2)9-7-10-24(25)35-17-8-16-31-18-23(28-19-31)21-11-13-22(14-12-21)30-36(3,33)34/h7,9-14,18-19,30H,4-6,8,15-17H2,1-3H3,(H2,27,29,32). The summed E-state index contributed by atoms with van der Waals surface area (Å²) in [4.78, 5) is 16.7. The third-order valence-electron chi connectivity index (χ3n) is 5.47. The summed E-state index contributed by atoms with van der Waals surface area (Å²) in [6.07, 6.45) is 8.74. The van der Waals surface area contributed by atoms with Crippen LogP contribution in [0, 0.1) is 6.92 Å². The monoisotopic (exact) mass is 513 g/mol. The van der Waals surface area contributed by atoms with E-state index in [-0.39, 0.29) is 6.03 Å². The summed E-state index contributed by atoms with van der Waals surface area (Å²) >= 11 is 0. The van der Waals surface area contributed by atoms with Crippen molar-refractivity contribution in [2.45, 2.75) is 46.1 Å². The third kappa shape index (κ3) is 8.60. The Balaban J connectivity index is 1.50. The molecule has 2 aromatic carbocycles. The Labute approximate surface area is 213 Å². The molecule has 9 nitrogen and oxygen atoms in total. The van der Waals surface area contributed by atoms with Gasteiger partial charge in [-0.3, -0.25) is 4.72 Å². The molecule has 0 saturated heterocycles. The fraction of sp³-hybridized carbons (Fsp3) is 0.385. The molecular formula is C26H35N5O4S. The van der Waals surface area contributed by atoms with Crippen LogP contribution in [0.5, 0.6) is 5.75 Å². The minimum absolute atomic E-state index is 0.226. The fourth-order valence-corrected chi connectivity index (χ4v) is 4.20. The highest BCUT2D eigenvalue weighted by atomic mass is 32.2. The smallest absolute Gasteiger partial charge is 0.319 e. The molecule has 3 N–H and O–H groups in total. The lowest BCUT2D eigenvalue weighted by Gasteiger charge is -2.15. The van der Waals surface area contributed by atoms with Crippen LogP contribution in [0.3, 0.4) is 0 Å². The normalized spacial score (nSPS) is 11.2. The van der Waals surface area contributed by atoms with E-state index in [2.05, 4.69) is 27.3 Å². The van der Waals surface area contributed by atoms with E-state index < -0.39 is 10.0 Å². The van der Waals surface area contributed by atoms with E-state index in [1.165, 1.54) is 0 Å². The van der Waals surface area contributed by atoms with Crippen LogP contribution in [0.4, 0.5) is 16.2 Å². The number of unbranched alkanes of at least 4 members (excludes halogenated alkanes) is 2. The largest absolute Gasteiger partial charge is 0.491 e. The molecule has 0 radical (unpaired) electrons. The number of aromatic nitrogens is 2. The van der Waals surface area contributed by atoms with Crippen molar-refractivity contribution in [3.63, 3.8) is 0 Å². The highest BCUT2D eigenvalue weighted by Crippen LogP contribution is 2.28. The molecule has 3 rings (SSSR count). The summed E-state index contributed by atoms with van der Waals surface area (Å²) in [5, 5.41) is 5.82. The molecule has 0 saturated carbocycles. The van der Waals surface area contributed by atoms with Gasteiger partial charge in [-0.1, -0.05) is 44.0 Å². The van der Waals surface area contributed by atoms with E-state index in [0.717, 1.165) is 48.8 Å². The Kier molecular flexibility index (Phi) is 9.75. The maximum atomic E-state index is 12.3. The lowest BCUT2D eigenvalue weighted by molar-refractivity contribution is 0.251. The zero-order valence-electron chi connectivity index (χ0n) is 21.1. The number of nitrogens with zero attached hydrogens (tertiary/aromatic N) is 2. The Morgan fingerprint density at radius 3 is 2.58 bits per heavy atom. The van der Waals surface area contributed by atoms with Gasteiger partial charge in [-0.25, -0.2) is 18.2 Å². The lowest BCUT2D eigenvalue weighted by Crippen LogP contribution is -2.30. The quantitative estimate of drug-likeness (QED) is 0.278. The van der Waals surface area contributed by atoms with Crippen molar-refractivity contribution in [3.8, 4) is 17.0 Å². The van der Waals surface area contributed by atoms with Gasteiger partial charge in [0.25, 0.3) is 0 Å². The molecule has 0 aliphatic heterocycles. The Morgan fingerprint density at radius 2 is 1.86 bits per heavy atom. The molecule has 0 fully saturated rings. The summed E-state index contributed by atoms with van der Waals surface area (Å²) in [6.45, 7) is 5.92. The van der Waals surface area contributed by atoms with Gasteiger partial charge in [0, 0.05) is 30.5 Å². The van der Waals surface area contributed by atoms with E-state index in [1.54, 1.807) is 18.5 Å². The number of benzene rings is 2. The number of amides is 2. The molecule has 3 aromatic rings. The fourth-order valence-electron chi connectivity index (χ4n) is 3.64. The number of aryl methyl sites for hydroxylation is 2. The zero-order valence-corrected chi connectivity index (χ0v) is 21.9. The van der Waals surface area contributed by atoms with Crippen molar-refractivity contribution in [2.24, 2.45) is 0 Å². The number of hydrogen-bond donors (Lipinski definition) is 3. The van der Waals surface area contributed by atoms with Crippen molar-refractivity contribution >= 4 is 27.4 Å². The number of carbonyl (C=O) groups is 1. The first-order valence-electron chi connectivity index (χ1n) is 12.1. The molecule has 10 heteroatoms. The van der Waals surface area contributed by atoms with Crippen LogP contribution >= 0.6 is 0 Å². The highest BCUT2D eigenvalue weighted by Gasteiger charge is 2.11. The number of nitrogens with one attached hydrogen (secondary N) is 3. The number of rotatable bonds is 13. The second kappa shape index (κ2) is 13.0. The van der Waals surface area contributed by atoms with E-state index in [9.17, 15) is 13.2 Å². The Hall–Kier alpha value is -3.53. The van der Waals surface area contributed by atoms with Crippen molar-refractivity contribution < 1.29 is 17.9 Å². The van der Waals surface area contributed by atoms with E-state index in [1.807, 2.05) is 48.0 Å². The minimum Gasteiger partial charge on any atom is -0.491 e. The van der Waals surface area contributed by atoms with E-state index >= 15 is 0 Å². The van der Waals surface area contributed by atoms with Gasteiger partial charge < -0.3 is 19.9 Å². The maximum absolute atomic E-state index is 12.3. The second-order valence-corrected chi connectivity index (χ2v) is 10.4. The van der Waals surface area contributed by atoms with Crippen LogP contribution in [0.1, 0.15) is 38.2 Å². The number of anilines is 2. The minimum atomic E-state index is -3.31. The third-order valence-corrected chi connectivity index (χ3v) is 6.08. The van der Waals surface area contributed by atoms with Crippen LogP contribution < -0.4 is 20.1 Å². The van der Waals surface area contributed by atoms with Gasteiger partial charge in [-0.2, -0.15) is 0 Å². The van der Waals surface area contributed by atoms with Crippen molar-refractivity contribution in [2.75, 3.05) is 29.4 Å². The first kappa shape index (κ1) is 27.1. The van der Waals surface area contributed by atoms with Gasteiger partial charge in [-0.15, -0.1) is 0 Å². The molecule has 0 bridgehead atoms. The van der Waals surface area contributed by atoms with Gasteiger partial charge in [-0.05, 0) is 43.5 Å². The zero-order chi connectivity index (χ0) is 26.0. The van der Waals surface area contributed by atoms with Crippen molar-refractivity contribution in [1.29, 1.82) is 0 Å². The molecule has 0 unspecified atom stereocenters. The average molecular weight is 514 g/mol. The number of para-hydroxylation sites is 1. The van der Waals surface area contributed by atoms with Crippen LogP contribution in [-0.2, 0) is 16.6 Å². The van der Waals surface area contributed by atoms with Crippen molar-refractivity contribution in [1.82, 2.24) is 14.9 Å². The molecule has 194 valence electrons. The number of urea groups is 1. The molecule has 1 aromatic heterocycles. The Morgan fingerprint density at radius 1 is 1.08 bits per heavy atom. The molecule has 1 heterocycles. The number of sulfonamides is 1. The van der Waals surface area contributed by atoms with Crippen LogP contribution in [0.25, 0.3) is 11.3 Å². The first-order chi connectivity index (χ1) is 17.2. The maximum Gasteiger partial charge on any atom is 0.319 e. The predicted molar refractivity (Wildman–Crippen MR) is 144 cm³/mol. The second-order valence-electron chi connectivity index (χ2n) is 8.69. The summed E-state index contributed by atoms with van der Waals surface area (Å²) in [6, 6.07) is 12.6. The van der Waals surface area contributed by atoms with E-state index in [0.29, 0.717) is 36.8 Å². The number of carbonyl (C=O) groups excluding carboxylic acids is 1. The summed E-state index contributed by atoms with van der Waals surface area (Å²) in [5.74, 6) is 0.646. The predicted octanol–water partition coefficient (Wildman–Crippen LogP) is 5.01. The van der Waals surface area contributed by atoms with Crippen molar-refractivity contribution in [3.05, 3.63) is 60.6 Å². The summed E-state index contributed by atoms with van der Waals surface area (Å²) in [5.41, 5.74) is 3.83.